The molecule has 4 heteroatoms. The third kappa shape index (κ3) is 4.76. The molecule has 1 unspecified atom stereocenters. The largest absolute Gasteiger partial charge is 0.492 e. The van der Waals surface area contributed by atoms with Crippen LogP contribution in [0, 0.1) is 0 Å². The highest BCUT2D eigenvalue weighted by molar-refractivity contribution is 9.10. The Kier molecular flexibility index (Phi) is 6.33. The van der Waals surface area contributed by atoms with Crippen LogP contribution in [0.2, 0.25) is 0 Å². The fourth-order valence-corrected chi connectivity index (χ4v) is 2.93. The smallest absolute Gasteiger partial charge is 0.119 e. The number of benzene rings is 1. The Labute approximate surface area is 130 Å². The molecule has 0 bridgehead atoms. The molecule has 1 fully saturated rings. The van der Waals surface area contributed by atoms with Gasteiger partial charge in [0.05, 0.1) is 0 Å². The number of hydrogen-bond acceptors (Lipinski definition) is 3. The van der Waals surface area contributed by atoms with Crippen molar-refractivity contribution in [3.8, 4) is 5.75 Å². The van der Waals surface area contributed by atoms with Gasteiger partial charge >= 0.3 is 0 Å². The van der Waals surface area contributed by atoms with Crippen LogP contribution in [0.3, 0.4) is 0 Å². The van der Waals surface area contributed by atoms with Gasteiger partial charge in [-0.05, 0) is 62.5 Å². The predicted octanol–water partition coefficient (Wildman–Crippen LogP) is 3.20. The molecule has 0 radical (unpaired) electrons. The first-order valence-corrected chi connectivity index (χ1v) is 8.37. The van der Waals surface area contributed by atoms with Crippen LogP contribution >= 0.6 is 15.9 Å². The van der Waals surface area contributed by atoms with Gasteiger partial charge in [-0.3, -0.25) is 4.90 Å². The van der Waals surface area contributed by atoms with Crippen LogP contribution < -0.4 is 10.5 Å². The van der Waals surface area contributed by atoms with E-state index < -0.39 is 0 Å². The lowest BCUT2D eigenvalue weighted by Gasteiger charge is -2.16. The Bertz CT molecular complexity index is 419. The summed E-state index contributed by atoms with van der Waals surface area (Å²) in [6.45, 7) is 6.36. The molecule has 0 spiro atoms. The van der Waals surface area contributed by atoms with E-state index in [-0.39, 0.29) is 6.04 Å². The fourth-order valence-electron chi connectivity index (χ4n) is 2.52. The van der Waals surface area contributed by atoms with Crippen molar-refractivity contribution in [1.82, 2.24) is 4.90 Å². The highest BCUT2D eigenvalue weighted by Crippen LogP contribution is 2.24. The summed E-state index contributed by atoms with van der Waals surface area (Å²) in [5.41, 5.74) is 7.27. The zero-order valence-electron chi connectivity index (χ0n) is 12.3. The molecular formula is C16H25BrN2O. The van der Waals surface area contributed by atoms with Gasteiger partial charge < -0.3 is 10.5 Å². The summed E-state index contributed by atoms with van der Waals surface area (Å²) in [5.74, 6) is 0.950. The molecule has 1 aromatic rings. The maximum Gasteiger partial charge on any atom is 0.119 e. The monoisotopic (exact) mass is 340 g/mol. The van der Waals surface area contributed by atoms with Crippen LogP contribution in [0.5, 0.6) is 5.75 Å². The van der Waals surface area contributed by atoms with Crippen molar-refractivity contribution in [3.05, 3.63) is 28.2 Å². The minimum Gasteiger partial charge on any atom is -0.492 e. The molecule has 2 N–H and O–H groups in total. The Morgan fingerprint density at radius 1 is 1.35 bits per heavy atom. The standard InChI is InChI=1S/C16H25BrN2O/c1-2-14(18)11-13-12-15(5-6-16(13)17)20-10-9-19-7-3-4-8-19/h5-6,12,14H,2-4,7-11,18H2,1H3. The SMILES string of the molecule is CCC(N)Cc1cc(OCCN2CCCC2)ccc1Br. The summed E-state index contributed by atoms with van der Waals surface area (Å²) >= 11 is 3.59. The molecule has 112 valence electrons. The van der Waals surface area contributed by atoms with Gasteiger partial charge in [-0.1, -0.05) is 22.9 Å². The van der Waals surface area contributed by atoms with Gasteiger partial charge in [0.1, 0.15) is 12.4 Å². The Morgan fingerprint density at radius 2 is 2.10 bits per heavy atom. The van der Waals surface area contributed by atoms with Gasteiger partial charge in [0.25, 0.3) is 0 Å². The van der Waals surface area contributed by atoms with E-state index >= 15 is 0 Å². The maximum absolute atomic E-state index is 6.04. The number of nitrogens with zero attached hydrogens (tertiary/aromatic N) is 1. The van der Waals surface area contributed by atoms with E-state index in [9.17, 15) is 0 Å². The summed E-state index contributed by atoms with van der Waals surface area (Å²) in [6.07, 6.45) is 4.54. The van der Waals surface area contributed by atoms with E-state index in [4.69, 9.17) is 10.5 Å². The summed E-state index contributed by atoms with van der Waals surface area (Å²) < 4.78 is 6.99. The van der Waals surface area contributed by atoms with Crippen LogP contribution in [0.25, 0.3) is 0 Å². The minimum atomic E-state index is 0.214. The third-order valence-corrected chi connectivity index (χ3v) is 4.67. The normalized spacial score (nSPS) is 17.4. The topological polar surface area (TPSA) is 38.5 Å². The zero-order chi connectivity index (χ0) is 14.4. The van der Waals surface area contributed by atoms with Crippen LogP contribution in [0.4, 0.5) is 0 Å². The highest BCUT2D eigenvalue weighted by Gasteiger charge is 2.11. The molecule has 0 aliphatic carbocycles. The van der Waals surface area contributed by atoms with Crippen LogP contribution in [0.1, 0.15) is 31.7 Å². The predicted molar refractivity (Wildman–Crippen MR) is 87.3 cm³/mol. The molecule has 0 aromatic heterocycles. The molecule has 20 heavy (non-hydrogen) atoms. The molecule has 1 saturated heterocycles. The van der Waals surface area contributed by atoms with Crippen molar-refractivity contribution in [1.29, 1.82) is 0 Å². The first kappa shape index (κ1) is 15.8. The van der Waals surface area contributed by atoms with Crippen LogP contribution in [-0.2, 0) is 6.42 Å². The summed E-state index contributed by atoms with van der Waals surface area (Å²) in [6, 6.07) is 6.41. The van der Waals surface area contributed by atoms with Gasteiger partial charge in [0.2, 0.25) is 0 Å². The second-order valence-electron chi connectivity index (χ2n) is 5.52. The third-order valence-electron chi connectivity index (χ3n) is 3.90. The second kappa shape index (κ2) is 8.01. The number of likely N-dealkylation sites (tertiary alicyclic amines) is 1. The van der Waals surface area contributed by atoms with E-state index in [1.165, 1.54) is 31.5 Å². The summed E-state index contributed by atoms with van der Waals surface area (Å²) in [4.78, 5) is 2.47. The molecule has 1 heterocycles. The zero-order valence-corrected chi connectivity index (χ0v) is 13.9. The number of rotatable bonds is 7. The van der Waals surface area contributed by atoms with E-state index in [1.54, 1.807) is 0 Å². The lowest BCUT2D eigenvalue weighted by Crippen LogP contribution is -2.25. The average molecular weight is 341 g/mol. The summed E-state index contributed by atoms with van der Waals surface area (Å²) in [5, 5.41) is 0. The molecular weight excluding hydrogens is 316 g/mol. The number of ether oxygens (including phenoxy) is 1. The van der Waals surface area contributed by atoms with E-state index in [1.807, 2.05) is 6.07 Å². The van der Waals surface area contributed by atoms with Gasteiger partial charge in [0, 0.05) is 17.1 Å². The van der Waals surface area contributed by atoms with Crippen molar-refractivity contribution in [2.45, 2.75) is 38.6 Å². The maximum atomic E-state index is 6.04. The highest BCUT2D eigenvalue weighted by atomic mass is 79.9. The van der Waals surface area contributed by atoms with E-state index in [0.29, 0.717) is 0 Å². The van der Waals surface area contributed by atoms with Crippen molar-refractivity contribution in [2.24, 2.45) is 5.73 Å². The minimum absolute atomic E-state index is 0.214. The molecule has 3 nitrogen and oxygen atoms in total. The first-order valence-electron chi connectivity index (χ1n) is 7.58. The van der Waals surface area contributed by atoms with E-state index in [2.05, 4.69) is 39.9 Å². The Morgan fingerprint density at radius 3 is 2.80 bits per heavy atom. The van der Waals surface area contributed by atoms with Crippen molar-refractivity contribution < 1.29 is 4.74 Å². The summed E-state index contributed by atoms with van der Waals surface area (Å²) in [7, 11) is 0. The molecule has 1 aromatic carbocycles. The first-order chi connectivity index (χ1) is 9.69. The molecule has 1 aliphatic heterocycles. The number of hydrogen-bond donors (Lipinski definition) is 1. The van der Waals surface area contributed by atoms with Gasteiger partial charge in [-0.25, -0.2) is 0 Å². The van der Waals surface area contributed by atoms with Crippen molar-refractivity contribution in [2.75, 3.05) is 26.2 Å². The number of halogens is 1. The number of nitrogens with two attached hydrogens (primary N) is 1. The average Bonchev–Trinajstić information content (AvgIpc) is 2.95. The lowest BCUT2D eigenvalue weighted by molar-refractivity contribution is 0.237. The molecule has 0 amide bonds. The Balaban J connectivity index is 1.86. The van der Waals surface area contributed by atoms with Crippen molar-refractivity contribution >= 4 is 15.9 Å². The quantitative estimate of drug-likeness (QED) is 0.828. The van der Waals surface area contributed by atoms with Crippen LogP contribution in [0.15, 0.2) is 22.7 Å². The second-order valence-corrected chi connectivity index (χ2v) is 6.38. The van der Waals surface area contributed by atoms with Crippen molar-refractivity contribution in [3.63, 3.8) is 0 Å². The molecule has 1 atom stereocenters. The molecule has 0 saturated carbocycles. The van der Waals surface area contributed by atoms with Gasteiger partial charge in [-0.15, -0.1) is 0 Å². The lowest BCUT2D eigenvalue weighted by atomic mass is 10.0. The van der Waals surface area contributed by atoms with Gasteiger partial charge in [-0.2, -0.15) is 0 Å². The fraction of sp³-hybridized carbons (Fsp3) is 0.625. The Hall–Kier alpha value is -0.580. The molecule has 1 aliphatic rings. The molecule has 2 rings (SSSR count). The van der Waals surface area contributed by atoms with E-state index in [0.717, 1.165) is 36.2 Å². The van der Waals surface area contributed by atoms with Crippen LogP contribution in [-0.4, -0.2) is 37.2 Å². The van der Waals surface area contributed by atoms with Gasteiger partial charge in [0.15, 0.2) is 0 Å².